The number of anilines is 2. The fourth-order valence-electron chi connectivity index (χ4n) is 1.90. The molecule has 1 heterocycles. The second-order valence-corrected chi connectivity index (χ2v) is 6.10. The number of aliphatic hydroxyl groups is 1. The van der Waals surface area contributed by atoms with Gasteiger partial charge in [0.25, 0.3) is 11.5 Å². The van der Waals surface area contributed by atoms with Crippen molar-refractivity contribution in [1.29, 1.82) is 0 Å². The molecule has 26 heavy (non-hydrogen) atoms. The minimum Gasteiger partial charge on any atom is -0.394 e. The molecule has 0 bridgehead atoms. The highest BCUT2D eigenvalue weighted by Crippen LogP contribution is 2.28. The average molecular weight is 403 g/mol. The van der Waals surface area contributed by atoms with Crippen molar-refractivity contribution in [3.8, 4) is 0 Å². The molecular weight excluding hydrogens is 387 g/mol. The third-order valence-corrected chi connectivity index (χ3v) is 4.23. The number of amides is 1. The molecule has 0 aliphatic heterocycles. The Kier molecular flexibility index (Phi) is 7.39. The molecule has 0 saturated heterocycles. The van der Waals surface area contributed by atoms with E-state index in [0.717, 1.165) is 0 Å². The maximum absolute atomic E-state index is 14.2. The summed E-state index contributed by atoms with van der Waals surface area (Å²) in [7, 11) is 0. The molecule has 2 rings (SSSR count). The maximum Gasteiger partial charge on any atom is 0.285 e. The first-order chi connectivity index (χ1) is 12.5. The summed E-state index contributed by atoms with van der Waals surface area (Å²) in [6.07, 6.45) is 1.81. The number of halogens is 2. The van der Waals surface area contributed by atoms with E-state index in [1.807, 2.05) is 0 Å². The molecule has 0 aliphatic carbocycles. The molecule has 8 nitrogen and oxygen atoms in total. The van der Waals surface area contributed by atoms with Gasteiger partial charge in [-0.15, -0.1) is 11.8 Å². The Hall–Kier alpha value is -2.14. The number of rotatable bonds is 8. The number of hydrogen-bond donors (Lipinski definition) is 4. The average Bonchev–Trinajstić information content (AvgIpc) is 2.63. The molecule has 1 aromatic carbocycles. The molecule has 0 aliphatic rings. The van der Waals surface area contributed by atoms with E-state index < -0.39 is 17.3 Å². The van der Waals surface area contributed by atoms with Gasteiger partial charge in [-0.05, 0) is 24.5 Å². The first-order valence-corrected chi connectivity index (χ1v) is 8.93. The van der Waals surface area contributed by atoms with E-state index in [-0.39, 0.29) is 42.0 Å². The van der Waals surface area contributed by atoms with E-state index in [1.165, 1.54) is 23.9 Å². The van der Waals surface area contributed by atoms with Crippen LogP contribution in [0.5, 0.6) is 0 Å². The van der Waals surface area contributed by atoms with E-state index in [4.69, 9.17) is 21.4 Å². The van der Waals surface area contributed by atoms with Gasteiger partial charge in [0.1, 0.15) is 17.6 Å². The predicted molar refractivity (Wildman–Crippen MR) is 96.7 cm³/mol. The second-order valence-electron chi connectivity index (χ2n) is 4.84. The number of aromatic nitrogens is 2. The molecule has 0 unspecified atom stereocenters. The number of benzene rings is 1. The van der Waals surface area contributed by atoms with Crippen LogP contribution in [0.25, 0.3) is 0 Å². The summed E-state index contributed by atoms with van der Waals surface area (Å²) in [4.78, 5) is 24.7. The molecule has 1 aromatic heterocycles. The molecule has 140 valence electrons. The lowest BCUT2D eigenvalue weighted by atomic mass is 10.2. The molecule has 0 radical (unpaired) electrons. The van der Waals surface area contributed by atoms with Crippen LogP contribution in [0.1, 0.15) is 10.5 Å². The number of aromatic amines is 1. The molecule has 2 aromatic rings. The van der Waals surface area contributed by atoms with Crippen LogP contribution in [-0.4, -0.2) is 47.4 Å². The summed E-state index contributed by atoms with van der Waals surface area (Å²) in [5.41, 5.74) is -1.08. The number of H-pyrrole nitrogens is 1. The number of hydrogen-bond acceptors (Lipinski definition) is 7. The van der Waals surface area contributed by atoms with Crippen molar-refractivity contribution in [2.45, 2.75) is 4.90 Å². The van der Waals surface area contributed by atoms with Gasteiger partial charge < -0.3 is 20.5 Å². The summed E-state index contributed by atoms with van der Waals surface area (Å²) in [5, 5.41) is 19.1. The standard InChI is InChI=1S/C15H16ClFN4O4S/c1-26-8-2-3-10(9(17)6-8)19-12-11(16)14(23)21-20-13(12)15(24)18-7-25-5-4-22/h2-3,6,22H,4-5,7H2,1H3,(H,18,24)(H2,19,21,23). The largest absolute Gasteiger partial charge is 0.394 e. The molecule has 1 amide bonds. The van der Waals surface area contributed by atoms with Crippen LogP contribution >= 0.6 is 23.4 Å². The first kappa shape index (κ1) is 20.2. The third-order valence-electron chi connectivity index (χ3n) is 3.15. The summed E-state index contributed by atoms with van der Waals surface area (Å²) in [6, 6.07) is 4.45. The van der Waals surface area contributed by atoms with E-state index in [1.54, 1.807) is 12.3 Å². The number of carbonyl (C=O) groups excluding carboxylic acids is 1. The van der Waals surface area contributed by atoms with Crippen molar-refractivity contribution in [2.75, 3.05) is 31.5 Å². The minimum atomic E-state index is -0.733. The Balaban J connectivity index is 2.30. The molecule has 0 saturated carbocycles. The zero-order valence-electron chi connectivity index (χ0n) is 13.6. The van der Waals surface area contributed by atoms with E-state index >= 15 is 0 Å². The molecular formula is C15H16ClFN4O4S. The number of thioether (sulfide) groups is 1. The van der Waals surface area contributed by atoms with Crippen LogP contribution in [0.2, 0.25) is 5.02 Å². The van der Waals surface area contributed by atoms with Gasteiger partial charge in [0.2, 0.25) is 0 Å². The SMILES string of the molecule is CSc1ccc(Nc2c(C(=O)NCOCCO)n[nH]c(=O)c2Cl)c(F)c1. The highest BCUT2D eigenvalue weighted by molar-refractivity contribution is 7.98. The Morgan fingerprint density at radius 1 is 1.50 bits per heavy atom. The van der Waals surface area contributed by atoms with Crippen molar-refractivity contribution in [2.24, 2.45) is 0 Å². The lowest BCUT2D eigenvalue weighted by Gasteiger charge is -2.13. The number of ether oxygens (including phenoxy) is 1. The van der Waals surface area contributed by atoms with Crippen LogP contribution in [0, 0.1) is 5.82 Å². The van der Waals surface area contributed by atoms with Gasteiger partial charge in [-0.25, -0.2) is 9.49 Å². The third kappa shape index (κ3) is 4.94. The van der Waals surface area contributed by atoms with Gasteiger partial charge in [-0.1, -0.05) is 11.6 Å². The Labute approximate surface area is 157 Å². The quantitative estimate of drug-likeness (QED) is 0.302. The van der Waals surface area contributed by atoms with Crippen LogP contribution < -0.4 is 16.2 Å². The highest BCUT2D eigenvalue weighted by atomic mass is 35.5. The Morgan fingerprint density at radius 3 is 2.92 bits per heavy atom. The summed E-state index contributed by atoms with van der Waals surface area (Å²) < 4.78 is 19.1. The molecule has 4 N–H and O–H groups in total. The van der Waals surface area contributed by atoms with E-state index in [2.05, 4.69) is 20.8 Å². The Bertz CT molecular complexity index is 849. The fraction of sp³-hybridized carbons (Fsp3) is 0.267. The van der Waals surface area contributed by atoms with Crippen LogP contribution in [0.3, 0.4) is 0 Å². The van der Waals surface area contributed by atoms with E-state index in [0.29, 0.717) is 4.90 Å². The number of carbonyl (C=O) groups is 1. The smallest absolute Gasteiger partial charge is 0.285 e. The van der Waals surface area contributed by atoms with Gasteiger partial charge in [0, 0.05) is 4.90 Å². The lowest BCUT2D eigenvalue weighted by Crippen LogP contribution is -2.30. The van der Waals surface area contributed by atoms with Crippen molar-refractivity contribution in [3.05, 3.63) is 45.1 Å². The maximum atomic E-state index is 14.2. The molecule has 0 spiro atoms. The highest BCUT2D eigenvalue weighted by Gasteiger charge is 2.20. The minimum absolute atomic E-state index is 0.0303. The van der Waals surface area contributed by atoms with Gasteiger partial charge >= 0.3 is 0 Å². The number of nitrogens with zero attached hydrogens (tertiary/aromatic N) is 1. The van der Waals surface area contributed by atoms with E-state index in [9.17, 15) is 14.0 Å². The van der Waals surface area contributed by atoms with Crippen LogP contribution in [0.15, 0.2) is 27.9 Å². The summed E-state index contributed by atoms with van der Waals surface area (Å²) in [5.74, 6) is -1.28. The predicted octanol–water partition coefficient (Wildman–Crippen LogP) is 1.72. The Morgan fingerprint density at radius 2 is 2.27 bits per heavy atom. The van der Waals surface area contributed by atoms with Gasteiger partial charge in [0.15, 0.2) is 5.69 Å². The summed E-state index contributed by atoms with van der Waals surface area (Å²) in [6.45, 7) is -0.344. The lowest BCUT2D eigenvalue weighted by molar-refractivity contribution is 0.0660. The van der Waals surface area contributed by atoms with Gasteiger partial charge in [-0.3, -0.25) is 9.59 Å². The molecule has 0 atom stereocenters. The topological polar surface area (TPSA) is 116 Å². The van der Waals surface area contributed by atoms with Crippen LogP contribution in [0.4, 0.5) is 15.8 Å². The van der Waals surface area contributed by atoms with Gasteiger partial charge in [0.05, 0.1) is 24.6 Å². The second kappa shape index (κ2) is 9.53. The van der Waals surface area contributed by atoms with Gasteiger partial charge in [-0.2, -0.15) is 5.10 Å². The van der Waals surface area contributed by atoms with Crippen molar-refractivity contribution >= 4 is 40.6 Å². The number of nitrogens with one attached hydrogen (secondary N) is 3. The molecule has 11 heteroatoms. The first-order valence-electron chi connectivity index (χ1n) is 7.33. The van der Waals surface area contributed by atoms with Crippen LogP contribution in [-0.2, 0) is 4.74 Å². The zero-order chi connectivity index (χ0) is 19.1. The van der Waals surface area contributed by atoms with Crippen molar-refractivity contribution < 1.29 is 19.0 Å². The van der Waals surface area contributed by atoms with Crippen molar-refractivity contribution in [1.82, 2.24) is 15.5 Å². The number of aliphatic hydroxyl groups excluding tert-OH is 1. The summed E-state index contributed by atoms with van der Waals surface area (Å²) >= 11 is 7.34. The normalized spacial score (nSPS) is 10.6. The monoisotopic (exact) mass is 402 g/mol. The fourth-order valence-corrected chi connectivity index (χ4v) is 2.51. The molecule has 0 fully saturated rings. The van der Waals surface area contributed by atoms with Crippen molar-refractivity contribution in [3.63, 3.8) is 0 Å². The zero-order valence-corrected chi connectivity index (χ0v) is 15.2.